The Hall–Kier alpha value is -5.53. The molecule has 344 valence electrons. The maximum atomic E-state index is 16.0. The smallest absolute Gasteiger partial charge is 0.417 e. The Kier molecular flexibility index (Phi) is 20.0. The number of benzene rings is 2. The molecule has 2 aromatic rings. The first kappa shape index (κ1) is 52.6. The van der Waals surface area contributed by atoms with Crippen LogP contribution in [-0.4, -0.2) is 119 Å². The monoisotopic (exact) mass is 876 g/mol. The summed E-state index contributed by atoms with van der Waals surface area (Å²) in [6.07, 6.45) is -4.54. The number of ether oxygens (including phenoxy) is 3. The van der Waals surface area contributed by atoms with Crippen LogP contribution in [0.4, 0.5) is 13.6 Å². The van der Waals surface area contributed by atoms with E-state index in [1.165, 1.54) is 60.6 Å². The lowest BCUT2D eigenvalue weighted by Crippen LogP contribution is -2.63. The van der Waals surface area contributed by atoms with Crippen molar-refractivity contribution < 1.29 is 61.7 Å². The lowest BCUT2D eigenvalue weighted by atomic mass is 9.95. The first-order chi connectivity index (χ1) is 28.8. The van der Waals surface area contributed by atoms with Crippen LogP contribution in [0.5, 0.6) is 0 Å². The van der Waals surface area contributed by atoms with Crippen molar-refractivity contribution in [2.75, 3.05) is 13.7 Å². The van der Waals surface area contributed by atoms with Crippen LogP contribution < -0.4 is 27.0 Å². The molecule has 0 saturated heterocycles. The fraction of sp³-hybridized carbons (Fsp3) is 0.558. The normalized spacial score (nSPS) is 15.2. The number of amides is 6. The minimum atomic E-state index is -4.63. The number of carbonyl (C=O) groups excluding carboxylic acids is 7. The van der Waals surface area contributed by atoms with Crippen molar-refractivity contribution in [3.8, 4) is 0 Å². The molecule has 0 aliphatic rings. The first-order valence-electron chi connectivity index (χ1n) is 20.1. The number of methoxy groups -OCH3 is 1. The summed E-state index contributed by atoms with van der Waals surface area (Å²) in [5.74, 6) is -12.8. The van der Waals surface area contributed by atoms with E-state index in [-0.39, 0.29) is 13.2 Å². The van der Waals surface area contributed by atoms with Crippen LogP contribution in [0.1, 0.15) is 73.4 Å². The molecule has 7 atom stereocenters. The molecule has 0 radical (unpaired) electrons. The van der Waals surface area contributed by atoms with Crippen molar-refractivity contribution in [1.82, 2.24) is 26.2 Å². The number of carbonyl (C=O) groups is 7. The highest BCUT2D eigenvalue weighted by molar-refractivity contribution is 6.01. The van der Waals surface area contributed by atoms with Gasteiger partial charge in [-0.1, -0.05) is 88.4 Å². The summed E-state index contributed by atoms with van der Waals surface area (Å²) in [6, 6.07) is 7.66. The molecule has 7 N–H and O–H groups in total. The standard InChI is InChI=1S/C43H62F2N6O11/c1-24(2)32(37(55)49-33(25(3)4)39(57)60-10)50-40(58)43(44,45)34(52)31(21-28-17-13-11-14-18-28)48-35(53)26(5)47-36(54)27(6)51(41(59)62-42(7,8)9)38(56)30(46)23-61-22-29-19-15-12-16-20-29/h11-20,24-27,30-34,52H,21-23,46H2,1-10H3,(H,47,54)(H,48,53)(H,49,55)(H,50,58)/t26-,27-,30-,31-,32?,33?,34+/m0/s1. The molecule has 0 heterocycles. The third kappa shape index (κ3) is 15.7. The molecule has 0 aliphatic heterocycles. The number of imide groups is 1. The summed E-state index contributed by atoms with van der Waals surface area (Å²) in [5, 5.41) is 20.2. The second kappa shape index (κ2) is 23.6. The lowest BCUT2D eigenvalue weighted by Gasteiger charge is -2.33. The number of nitrogens with one attached hydrogen (secondary N) is 4. The van der Waals surface area contributed by atoms with E-state index in [4.69, 9.17) is 19.9 Å². The van der Waals surface area contributed by atoms with E-state index >= 15 is 8.78 Å². The molecule has 19 heteroatoms. The van der Waals surface area contributed by atoms with E-state index in [9.17, 15) is 38.7 Å². The topological polar surface area (TPSA) is 245 Å². The van der Waals surface area contributed by atoms with Gasteiger partial charge >= 0.3 is 18.0 Å². The van der Waals surface area contributed by atoms with Crippen LogP contribution in [-0.2, 0) is 56.0 Å². The van der Waals surface area contributed by atoms with Crippen molar-refractivity contribution in [1.29, 1.82) is 0 Å². The maximum absolute atomic E-state index is 16.0. The largest absolute Gasteiger partial charge is 0.467 e. The Morgan fingerprint density at radius 1 is 0.742 bits per heavy atom. The number of alkyl halides is 2. The second-order valence-electron chi connectivity index (χ2n) is 16.5. The molecule has 6 amide bonds. The number of aliphatic hydroxyl groups is 1. The summed E-state index contributed by atoms with van der Waals surface area (Å²) in [4.78, 5) is 93.2. The molecule has 0 saturated carbocycles. The van der Waals surface area contributed by atoms with Crippen LogP contribution in [0.2, 0.25) is 0 Å². The molecule has 2 unspecified atom stereocenters. The zero-order valence-corrected chi connectivity index (χ0v) is 36.9. The van der Waals surface area contributed by atoms with Gasteiger partial charge in [0.15, 0.2) is 0 Å². The third-order valence-corrected chi connectivity index (χ3v) is 9.41. The third-order valence-electron chi connectivity index (χ3n) is 9.41. The van der Waals surface area contributed by atoms with Gasteiger partial charge in [-0.3, -0.25) is 24.0 Å². The van der Waals surface area contributed by atoms with Gasteiger partial charge in [-0.05, 0) is 64.0 Å². The first-order valence-corrected chi connectivity index (χ1v) is 20.1. The summed E-state index contributed by atoms with van der Waals surface area (Å²) < 4.78 is 47.7. The quantitative estimate of drug-likeness (QED) is 0.0991. The van der Waals surface area contributed by atoms with E-state index in [1.807, 2.05) is 11.4 Å². The molecular formula is C43H62F2N6O11. The average Bonchev–Trinajstić information content (AvgIpc) is 3.20. The van der Waals surface area contributed by atoms with Crippen LogP contribution in [0.25, 0.3) is 0 Å². The Morgan fingerprint density at radius 2 is 1.27 bits per heavy atom. The lowest BCUT2D eigenvalue weighted by molar-refractivity contribution is -0.169. The van der Waals surface area contributed by atoms with Gasteiger partial charge in [0.2, 0.25) is 17.7 Å². The minimum Gasteiger partial charge on any atom is -0.467 e. The van der Waals surface area contributed by atoms with Crippen molar-refractivity contribution in [3.63, 3.8) is 0 Å². The van der Waals surface area contributed by atoms with E-state index in [0.717, 1.165) is 12.7 Å². The van der Waals surface area contributed by atoms with Crippen molar-refractivity contribution >= 4 is 41.6 Å². The van der Waals surface area contributed by atoms with Gasteiger partial charge in [0.1, 0.15) is 41.9 Å². The van der Waals surface area contributed by atoms with Crippen molar-refractivity contribution in [3.05, 3.63) is 71.8 Å². The van der Waals surface area contributed by atoms with Gasteiger partial charge in [0.25, 0.3) is 11.8 Å². The maximum Gasteiger partial charge on any atom is 0.417 e. The SMILES string of the molecule is COC(=O)C(NC(=O)C(NC(=O)C(F)(F)[C@H](O)[C@H](Cc1ccccc1)NC(=O)[C@H](C)NC(=O)[C@H](C)N(C(=O)OC(C)(C)C)C(=O)[C@@H](N)COCc1ccccc1)C(C)C)C(C)C. The highest BCUT2D eigenvalue weighted by Gasteiger charge is 2.52. The van der Waals surface area contributed by atoms with Gasteiger partial charge in [-0.25, -0.2) is 14.5 Å². The molecule has 0 bridgehead atoms. The molecule has 17 nitrogen and oxygen atoms in total. The summed E-state index contributed by atoms with van der Waals surface area (Å²) in [6.45, 7) is 12.9. The van der Waals surface area contributed by atoms with Crippen molar-refractivity contribution in [2.24, 2.45) is 17.6 Å². The summed E-state index contributed by atoms with van der Waals surface area (Å²) in [5.41, 5.74) is 6.16. The number of aliphatic hydroxyl groups excluding tert-OH is 1. The number of hydrogen-bond donors (Lipinski definition) is 6. The fourth-order valence-corrected chi connectivity index (χ4v) is 5.84. The molecule has 62 heavy (non-hydrogen) atoms. The predicted molar refractivity (Wildman–Crippen MR) is 223 cm³/mol. The average molecular weight is 877 g/mol. The van der Waals surface area contributed by atoms with E-state index in [0.29, 0.717) is 10.5 Å². The molecular weight excluding hydrogens is 814 g/mol. The number of hydrogen-bond acceptors (Lipinski definition) is 12. The molecule has 0 spiro atoms. The highest BCUT2D eigenvalue weighted by atomic mass is 19.3. The van der Waals surface area contributed by atoms with E-state index in [2.05, 4.69) is 16.0 Å². The fourth-order valence-electron chi connectivity index (χ4n) is 5.84. The number of rotatable bonds is 21. The number of halogens is 2. The number of nitrogens with zero attached hydrogens (tertiary/aromatic N) is 1. The molecule has 0 fully saturated rings. The number of esters is 1. The highest BCUT2D eigenvalue weighted by Crippen LogP contribution is 2.25. The molecule has 0 aromatic heterocycles. The van der Waals surface area contributed by atoms with Gasteiger partial charge < -0.3 is 46.3 Å². The second-order valence-corrected chi connectivity index (χ2v) is 16.5. The zero-order chi connectivity index (χ0) is 47.1. The van der Waals surface area contributed by atoms with Crippen LogP contribution >= 0.6 is 0 Å². The van der Waals surface area contributed by atoms with E-state index in [1.54, 1.807) is 56.3 Å². The van der Waals surface area contributed by atoms with Gasteiger partial charge in [-0.15, -0.1) is 0 Å². The molecule has 2 aromatic carbocycles. The summed E-state index contributed by atoms with van der Waals surface area (Å²) in [7, 11) is 1.11. The van der Waals surface area contributed by atoms with Gasteiger partial charge in [-0.2, -0.15) is 8.78 Å². The Morgan fingerprint density at radius 3 is 1.77 bits per heavy atom. The van der Waals surface area contributed by atoms with Crippen LogP contribution in [0.3, 0.4) is 0 Å². The Balaban J connectivity index is 2.31. The Labute approximate surface area is 361 Å². The number of nitrogens with two attached hydrogens (primary N) is 1. The van der Waals surface area contributed by atoms with Gasteiger partial charge in [0.05, 0.1) is 26.4 Å². The van der Waals surface area contributed by atoms with Crippen LogP contribution in [0.15, 0.2) is 60.7 Å². The molecule has 0 aliphatic carbocycles. The zero-order valence-electron chi connectivity index (χ0n) is 36.9. The van der Waals surface area contributed by atoms with Crippen LogP contribution in [0, 0.1) is 11.8 Å². The minimum absolute atomic E-state index is 0.0976. The predicted octanol–water partition coefficient (Wildman–Crippen LogP) is 2.37. The van der Waals surface area contributed by atoms with E-state index < -0.39 is 114 Å². The van der Waals surface area contributed by atoms with Gasteiger partial charge in [0, 0.05) is 0 Å². The van der Waals surface area contributed by atoms with Crippen molar-refractivity contribution in [2.45, 2.75) is 129 Å². The Bertz CT molecular complexity index is 1830. The summed E-state index contributed by atoms with van der Waals surface area (Å²) >= 11 is 0. The molecule has 2 rings (SSSR count).